The van der Waals surface area contributed by atoms with E-state index in [9.17, 15) is 14.4 Å². The van der Waals surface area contributed by atoms with Gasteiger partial charge in [0.25, 0.3) is 0 Å². The summed E-state index contributed by atoms with van der Waals surface area (Å²) in [6, 6.07) is 21.8. The number of esters is 3. The zero-order valence-electron chi connectivity index (χ0n) is 27.6. The van der Waals surface area contributed by atoms with E-state index >= 15 is 4.57 Å². The highest BCUT2D eigenvalue weighted by molar-refractivity contribution is 7.85. The molecule has 0 aliphatic rings. The minimum atomic E-state index is -3.35. The highest BCUT2D eigenvalue weighted by atomic mass is 31.2. The summed E-state index contributed by atoms with van der Waals surface area (Å²) in [6.07, 6.45) is 14.5. The van der Waals surface area contributed by atoms with Crippen LogP contribution in [0.3, 0.4) is 0 Å². The Balaban J connectivity index is 1.89. The average Bonchev–Trinajstić information content (AvgIpc) is 3.09. The van der Waals surface area contributed by atoms with Crippen molar-refractivity contribution in [2.24, 2.45) is 0 Å². The molecule has 248 valence electrons. The summed E-state index contributed by atoms with van der Waals surface area (Å²) in [7, 11) is -3.35. The number of hydrogen-bond acceptors (Lipinski definition) is 7. The highest BCUT2D eigenvalue weighted by Crippen LogP contribution is 2.42. The first kappa shape index (κ1) is 37.0. The van der Waals surface area contributed by atoms with Crippen molar-refractivity contribution in [3.8, 4) is 0 Å². The molecule has 0 heterocycles. The van der Waals surface area contributed by atoms with Gasteiger partial charge in [-0.25, -0.2) is 14.4 Å². The fraction of sp³-hybridized carbons (Fsp3) is 0.308. The van der Waals surface area contributed by atoms with Gasteiger partial charge in [0.2, 0.25) is 0 Å². The standard InChI is InChI=1S/C39H45O7P/c1-4-7-28-44-37(40)25-16-31-10-19-34(20-11-31)47(43,35-21-12-32(13-22-35)17-26-38(41)45-29-8-5-2)36-23-14-33(15-24-36)18-27-39(42)46-30-9-6-3/h10-27H,4-9,28-30H2,1-3H3/b25-16+,26-17+,27-18+. The molecule has 0 aromatic heterocycles. The second-order valence-electron chi connectivity index (χ2n) is 10.9. The number of ether oxygens (including phenoxy) is 3. The number of unbranched alkanes of at least 4 members (excludes halogenated alkanes) is 3. The third-order valence-corrected chi connectivity index (χ3v) is 10.3. The Kier molecular flexibility index (Phi) is 15.7. The monoisotopic (exact) mass is 656 g/mol. The Hall–Kier alpha value is -4.48. The lowest BCUT2D eigenvalue weighted by Crippen LogP contribution is -2.25. The third-order valence-electron chi connectivity index (χ3n) is 7.23. The summed E-state index contributed by atoms with van der Waals surface area (Å²) >= 11 is 0. The smallest absolute Gasteiger partial charge is 0.330 e. The second-order valence-corrected chi connectivity index (χ2v) is 13.7. The minimum Gasteiger partial charge on any atom is -0.463 e. The molecule has 0 aliphatic carbocycles. The third kappa shape index (κ3) is 12.0. The van der Waals surface area contributed by atoms with Crippen molar-refractivity contribution in [1.29, 1.82) is 0 Å². The molecule has 0 aliphatic heterocycles. The molecular formula is C39H45O7P. The van der Waals surface area contributed by atoms with Gasteiger partial charge in [0.15, 0.2) is 7.14 Å². The molecule has 0 radical (unpaired) electrons. The molecule has 0 atom stereocenters. The maximum absolute atomic E-state index is 15.1. The van der Waals surface area contributed by atoms with Crippen LogP contribution >= 0.6 is 7.14 Å². The maximum atomic E-state index is 15.1. The quantitative estimate of drug-likeness (QED) is 0.0463. The summed E-state index contributed by atoms with van der Waals surface area (Å²) in [6.45, 7) is 7.25. The van der Waals surface area contributed by atoms with Crippen molar-refractivity contribution < 1.29 is 33.2 Å². The lowest BCUT2D eigenvalue weighted by molar-refractivity contribution is -0.138. The van der Waals surface area contributed by atoms with Gasteiger partial charge < -0.3 is 18.8 Å². The van der Waals surface area contributed by atoms with Gasteiger partial charge in [-0.05, 0) is 54.2 Å². The van der Waals surface area contributed by atoms with Gasteiger partial charge >= 0.3 is 17.9 Å². The molecule has 3 aromatic carbocycles. The first-order chi connectivity index (χ1) is 22.8. The average molecular weight is 657 g/mol. The molecule has 7 nitrogen and oxygen atoms in total. The fourth-order valence-corrected chi connectivity index (χ4v) is 7.02. The topological polar surface area (TPSA) is 96.0 Å². The van der Waals surface area contributed by atoms with E-state index in [0.717, 1.165) is 55.2 Å². The van der Waals surface area contributed by atoms with E-state index in [1.165, 1.54) is 18.2 Å². The van der Waals surface area contributed by atoms with Gasteiger partial charge in [-0.3, -0.25) is 0 Å². The molecule has 3 rings (SSSR count). The van der Waals surface area contributed by atoms with E-state index in [4.69, 9.17) is 14.2 Å². The minimum absolute atomic E-state index is 0.386. The molecule has 0 saturated carbocycles. The van der Waals surface area contributed by atoms with Crippen LogP contribution in [-0.4, -0.2) is 37.7 Å². The van der Waals surface area contributed by atoms with Crippen LogP contribution < -0.4 is 15.9 Å². The molecule has 0 bridgehead atoms. The van der Waals surface area contributed by atoms with Crippen molar-refractivity contribution in [2.45, 2.75) is 59.3 Å². The number of carbonyl (C=O) groups is 3. The Bertz CT molecular complexity index is 1380. The highest BCUT2D eigenvalue weighted by Gasteiger charge is 2.29. The van der Waals surface area contributed by atoms with Crippen molar-refractivity contribution in [3.63, 3.8) is 0 Å². The van der Waals surface area contributed by atoms with E-state index in [1.54, 1.807) is 18.2 Å². The van der Waals surface area contributed by atoms with Crippen molar-refractivity contribution in [3.05, 3.63) is 108 Å². The molecule has 8 heteroatoms. The summed E-state index contributed by atoms with van der Waals surface area (Å²) in [5.74, 6) is -1.21. The van der Waals surface area contributed by atoms with E-state index in [-0.39, 0.29) is 0 Å². The van der Waals surface area contributed by atoms with Gasteiger partial charge in [-0.2, -0.15) is 0 Å². The lowest BCUT2D eigenvalue weighted by atomic mass is 10.2. The largest absolute Gasteiger partial charge is 0.463 e. The van der Waals surface area contributed by atoms with Crippen LogP contribution in [-0.2, 0) is 33.2 Å². The van der Waals surface area contributed by atoms with Crippen molar-refractivity contribution in [1.82, 2.24) is 0 Å². The van der Waals surface area contributed by atoms with Gasteiger partial charge in [-0.1, -0.05) is 113 Å². The number of rotatable bonds is 18. The summed E-state index contributed by atoms with van der Waals surface area (Å²) in [5, 5.41) is 1.85. The normalized spacial score (nSPS) is 11.7. The molecule has 0 amide bonds. The zero-order chi connectivity index (χ0) is 33.9. The van der Waals surface area contributed by atoms with Crippen LogP contribution in [0.5, 0.6) is 0 Å². The van der Waals surface area contributed by atoms with Crippen LogP contribution in [0, 0.1) is 0 Å². The molecule has 0 unspecified atom stereocenters. The van der Waals surface area contributed by atoms with E-state index < -0.39 is 25.0 Å². The van der Waals surface area contributed by atoms with Crippen molar-refractivity contribution >= 4 is 59.2 Å². The number of hydrogen-bond donors (Lipinski definition) is 0. The van der Waals surface area contributed by atoms with Gasteiger partial charge in [-0.15, -0.1) is 0 Å². The van der Waals surface area contributed by atoms with E-state index in [1.807, 2.05) is 93.6 Å². The second kappa shape index (κ2) is 19.9. The van der Waals surface area contributed by atoms with E-state index in [2.05, 4.69) is 0 Å². The summed E-state index contributed by atoms with van der Waals surface area (Å²) in [4.78, 5) is 36.0. The Morgan fingerprint density at radius 3 is 0.979 bits per heavy atom. The molecular weight excluding hydrogens is 611 g/mol. The van der Waals surface area contributed by atoms with Crippen LogP contribution in [0.1, 0.15) is 76.0 Å². The van der Waals surface area contributed by atoms with Crippen LogP contribution in [0.25, 0.3) is 18.2 Å². The number of benzene rings is 3. The fourth-order valence-electron chi connectivity index (χ4n) is 4.42. The number of carbonyl (C=O) groups excluding carboxylic acids is 3. The molecule has 3 aromatic rings. The SMILES string of the molecule is CCCCOC(=O)/C=C/c1ccc(P(=O)(c2ccc(/C=C/C(=O)OCCCC)cc2)c2ccc(/C=C/C(=O)OCCCC)cc2)cc1. The van der Waals surface area contributed by atoms with E-state index in [0.29, 0.717) is 35.7 Å². The first-order valence-corrected chi connectivity index (χ1v) is 18.0. The molecule has 0 spiro atoms. The van der Waals surface area contributed by atoms with Crippen LogP contribution in [0.2, 0.25) is 0 Å². The van der Waals surface area contributed by atoms with Gasteiger partial charge in [0.1, 0.15) is 0 Å². The molecule has 0 N–H and O–H groups in total. The zero-order valence-corrected chi connectivity index (χ0v) is 28.5. The summed E-state index contributed by atoms with van der Waals surface area (Å²) in [5.41, 5.74) is 2.31. The van der Waals surface area contributed by atoms with Gasteiger partial charge in [0.05, 0.1) is 19.8 Å². The molecule has 0 saturated heterocycles. The predicted octanol–water partition coefficient (Wildman–Crippen LogP) is 7.40. The lowest BCUT2D eigenvalue weighted by Gasteiger charge is -2.20. The summed E-state index contributed by atoms with van der Waals surface area (Å²) < 4.78 is 30.7. The Labute approximate surface area is 278 Å². The van der Waals surface area contributed by atoms with Crippen LogP contribution in [0.15, 0.2) is 91.0 Å². The van der Waals surface area contributed by atoms with Crippen LogP contribution in [0.4, 0.5) is 0 Å². The first-order valence-electron chi connectivity index (χ1n) is 16.3. The Morgan fingerprint density at radius 2 is 0.745 bits per heavy atom. The molecule has 0 fully saturated rings. The maximum Gasteiger partial charge on any atom is 0.330 e. The molecule has 47 heavy (non-hydrogen) atoms. The Morgan fingerprint density at radius 1 is 0.489 bits per heavy atom. The van der Waals surface area contributed by atoms with Gasteiger partial charge in [0, 0.05) is 34.1 Å². The van der Waals surface area contributed by atoms with Crippen molar-refractivity contribution in [2.75, 3.05) is 19.8 Å². The predicted molar refractivity (Wildman–Crippen MR) is 191 cm³/mol.